The van der Waals surface area contributed by atoms with Crippen LogP contribution in [0.4, 0.5) is 8.78 Å². The molecule has 0 bridgehead atoms. The van der Waals surface area contributed by atoms with Crippen LogP contribution in [-0.2, 0) is 0 Å². The summed E-state index contributed by atoms with van der Waals surface area (Å²) >= 11 is 0. The van der Waals surface area contributed by atoms with Crippen LogP contribution in [0, 0.1) is 0 Å². The highest BCUT2D eigenvalue weighted by molar-refractivity contribution is 5.40. The van der Waals surface area contributed by atoms with E-state index in [1.807, 2.05) is 12.2 Å². The van der Waals surface area contributed by atoms with Crippen molar-refractivity contribution in [1.82, 2.24) is 0 Å². The van der Waals surface area contributed by atoms with E-state index in [0.717, 1.165) is 18.1 Å². The molecule has 0 amide bonds. The zero-order valence-corrected chi connectivity index (χ0v) is 6.69. The highest BCUT2D eigenvalue weighted by atomic mass is 19.3. The summed E-state index contributed by atoms with van der Waals surface area (Å²) in [5, 5.41) is 0. The number of hydrogen-bond donors (Lipinski definition) is 0. The summed E-state index contributed by atoms with van der Waals surface area (Å²) in [6.07, 6.45) is 8.30. The van der Waals surface area contributed by atoms with Gasteiger partial charge in [-0.3, -0.25) is 0 Å². The molecular formula is C10H10F2. The molecule has 2 rings (SSSR count). The first-order chi connectivity index (χ1) is 5.70. The summed E-state index contributed by atoms with van der Waals surface area (Å²) < 4.78 is 26.3. The van der Waals surface area contributed by atoms with Crippen LogP contribution in [0.3, 0.4) is 0 Å². The number of halogens is 2. The minimum Gasteiger partial charge on any atom is -0.197 e. The molecule has 0 aromatic carbocycles. The van der Waals surface area contributed by atoms with Crippen LogP contribution in [-0.4, -0.2) is 5.92 Å². The van der Waals surface area contributed by atoms with E-state index in [4.69, 9.17) is 0 Å². The van der Waals surface area contributed by atoms with Crippen molar-refractivity contribution in [3.63, 3.8) is 0 Å². The molecule has 0 saturated heterocycles. The molecule has 2 aliphatic carbocycles. The molecule has 0 aromatic rings. The van der Waals surface area contributed by atoms with Gasteiger partial charge in [-0.2, -0.15) is 8.78 Å². The highest BCUT2D eigenvalue weighted by Gasteiger charge is 2.34. The van der Waals surface area contributed by atoms with Crippen molar-refractivity contribution < 1.29 is 8.78 Å². The second-order valence-electron chi connectivity index (χ2n) is 3.17. The summed E-state index contributed by atoms with van der Waals surface area (Å²) in [4.78, 5) is 0. The van der Waals surface area contributed by atoms with Crippen LogP contribution < -0.4 is 0 Å². The normalized spacial score (nSPS) is 25.8. The fourth-order valence-electron chi connectivity index (χ4n) is 1.72. The van der Waals surface area contributed by atoms with Crippen molar-refractivity contribution in [2.45, 2.75) is 25.2 Å². The maximum atomic E-state index is 13.2. The van der Waals surface area contributed by atoms with Gasteiger partial charge in [0, 0.05) is 5.57 Å². The monoisotopic (exact) mass is 168 g/mol. The van der Waals surface area contributed by atoms with Gasteiger partial charge in [0.1, 0.15) is 0 Å². The Labute approximate surface area is 70.3 Å². The van der Waals surface area contributed by atoms with Crippen molar-refractivity contribution in [2.75, 3.05) is 0 Å². The van der Waals surface area contributed by atoms with Gasteiger partial charge >= 0.3 is 0 Å². The maximum Gasteiger partial charge on any atom is 0.288 e. The average molecular weight is 168 g/mol. The molecule has 0 heterocycles. The van der Waals surface area contributed by atoms with Crippen molar-refractivity contribution in [3.8, 4) is 0 Å². The van der Waals surface area contributed by atoms with E-state index >= 15 is 0 Å². The number of rotatable bonds is 0. The lowest BCUT2D eigenvalue weighted by atomic mass is 9.87. The molecule has 0 aromatic heterocycles. The van der Waals surface area contributed by atoms with Crippen LogP contribution in [0.1, 0.15) is 19.3 Å². The predicted molar refractivity (Wildman–Crippen MR) is 44.1 cm³/mol. The van der Waals surface area contributed by atoms with E-state index in [9.17, 15) is 8.78 Å². The standard InChI is InChI=1S/C10H10F2/c11-10(12)7-3-5-8-4-1-2-6-9(8)10/h1,3-4,7H,2,5-6H2. The van der Waals surface area contributed by atoms with Gasteiger partial charge in [-0.25, -0.2) is 0 Å². The molecule has 0 radical (unpaired) electrons. The molecule has 0 saturated carbocycles. The maximum absolute atomic E-state index is 13.2. The molecule has 64 valence electrons. The fourth-order valence-corrected chi connectivity index (χ4v) is 1.72. The number of hydrogen-bond acceptors (Lipinski definition) is 0. The van der Waals surface area contributed by atoms with Gasteiger partial charge in [-0.1, -0.05) is 18.2 Å². The molecule has 0 spiro atoms. The van der Waals surface area contributed by atoms with E-state index in [2.05, 4.69) is 0 Å². The van der Waals surface area contributed by atoms with Crippen LogP contribution >= 0.6 is 0 Å². The van der Waals surface area contributed by atoms with E-state index in [1.54, 1.807) is 6.08 Å². The Kier molecular flexibility index (Phi) is 1.63. The summed E-state index contributed by atoms with van der Waals surface area (Å²) in [6.45, 7) is 0. The summed E-state index contributed by atoms with van der Waals surface area (Å²) in [6, 6.07) is 0. The smallest absolute Gasteiger partial charge is 0.197 e. The van der Waals surface area contributed by atoms with E-state index in [-0.39, 0.29) is 0 Å². The second kappa shape index (κ2) is 2.54. The topological polar surface area (TPSA) is 0 Å². The predicted octanol–water partition coefficient (Wildman–Crippen LogP) is 3.23. The lowest BCUT2D eigenvalue weighted by Crippen LogP contribution is -2.21. The van der Waals surface area contributed by atoms with Crippen molar-refractivity contribution >= 4 is 0 Å². The molecule has 0 atom stereocenters. The Morgan fingerprint density at radius 1 is 1.25 bits per heavy atom. The lowest BCUT2D eigenvalue weighted by Gasteiger charge is -2.24. The first-order valence-electron chi connectivity index (χ1n) is 4.15. The van der Waals surface area contributed by atoms with Crippen LogP contribution in [0.25, 0.3) is 0 Å². The van der Waals surface area contributed by atoms with Gasteiger partial charge in [0.15, 0.2) is 0 Å². The third-order valence-corrected chi connectivity index (χ3v) is 2.33. The average Bonchev–Trinajstić information content (AvgIpc) is 2.04. The largest absolute Gasteiger partial charge is 0.288 e. The summed E-state index contributed by atoms with van der Waals surface area (Å²) in [7, 11) is 0. The highest BCUT2D eigenvalue weighted by Crippen LogP contribution is 2.38. The lowest BCUT2D eigenvalue weighted by molar-refractivity contribution is 0.0895. The minimum absolute atomic E-state index is 0.326. The zero-order chi connectivity index (χ0) is 8.60. The number of alkyl halides is 2. The summed E-state index contributed by atoms with van der Waals surface area (Å²) in [5.41, 5.74) is 1.14. The first-order valence-corrected chi connectivity index (χ1v) is 4.15. The molecular weight excluding hydrogens is 158 g/mol. The van der Waals surface area contributed by atoms with Crippen molar-refractivity contribution in [3.05, 3.63) is 35.5 Å². The molecule has 0 N–H and O–H groups in total. The molecule has 0 aliphatic heterocycles. The molecule has 2 heteroatoms. The molecule has 0 unspecified atom stereocenters. The van der Waals surface area contributed by atoms with Crippen molar-refractivity contribution in [2.24, 2.45) is 0 Å². The SMILES string of the molecule is FC1(F)C=CCC2=C1CCC=C2. The van der Waals surface area contributed by atoms with E-state index < -0.39 is 5.92 Å². The second-order valence-corrected chi connectivity index (χ2v) is 3.17. The number of allylic oxidation sites excluding steroid dienone is 6. The Balaban J connectivity index is 2.41. The van der Waals surface area contributed by atoms with Gasteiger partial charge in [0.2, 0.25) is 0 Å². The third kappa shape index (κ3) is 1.11. The van der Waals surface area contributed by atoms with Gasteiger partial charge in [-0.15, -0.1) is 0 Å². The summed E-state index contributed by atoms with van der Waals surface area (Å²) in [5.74, 6) is -2.68. The van der Waals surface area contributed by atoms with E-state index in [0.29, 0.717) is 18.4 Å². The first kappa shape index (κ1) is 7.71. The fraction of sp³-hybridized carbons (Fsp3) is 0.400. The van der Waals surface area contributed by atoms with Crippen LogP contribution in [0.5, 0.6) is 0 Å². The minimum atomic E-state index is -2.68. The molecule has 2 aliphatic rings. The van der Waals surface area contributed by atoms with Gasteiger partial charge in [-0.05, 0) is 30.9 Å². The molecule has 12 heavy (non-hydrogen) atoms. The Hall–Kier alpha value is -0.920. The quantitative estimate of drug-likeness (QED) is 0.487. The third-order valence-electron chi connectivity index (χ3n) is 2.33. The van der Waals surface area contributed by atoms with Gasteiger partial charge in [0.25, 0.3) is 5.92 Å². The van der Waals surface area contributed by atoms with Crippen LogP contribution in [0.2, 0.25) is 0 Å². The van der Waals surface area contributed by atoms with Gasteiger partial charge < -0.3 is 0 Å². The van der Waals surface area contributed by atoms with Gasteiger partial charge in [0.05, 0.1) is 0 Å². The molecule has 0 nitrogen and oxygen atoms in total. The Morgan fingerprint density at radius 3 is 2.83 bits per heavy atom. The molecule has 0 fully saturated rings. The zero-order valence-electron chi connectivity index (χ0n) is 6.69. The van der Waals surface area contributed by atoms with Crippen molar-refractivity contribution in [1.29, 1.82) is 0 Å². The van der Waals surface area contributed by atoms with Crippen LogP contribution in [0.15, 0.2) is 35.5 Å². The van der Waals surface area contributed by atoms with E-state index in [1.165, 1.54) is 0 Å². The Morgan fingerprint density at radius 2 is 2.08 bits per heavy atom. The Bertz CT molecular complexity index is 282.